The van der Waals surface area contributed by atoms with Crippen molar-refractivity contribution in [3.05, 3.63) is 35.9 Å². The Bertz CT molecular complexity index is 402. The van der Waals surface area contributed by atoms with E-state index in [9.17, 15) is 0 Å². The van der Waals surface area contributed by atoms with Crippen molar-refractivity contribution in [1.82, 2.24) is 4.90 Å². The molecule has 0 aliphatic carbocycles. The summed E-state index contributed by atoms with van der Waals surface area (Å²) < 4.78 is 0. The number of hydrogen-bond donors (Lipinski definition) is 1. The Morgan fingerprint density at radius 3 is 2.67 bits per heavy atom. The van der Waals surface area contributed by atoms with Gasteiger partial charge in [0.2, 0.25) is 0 Å². The molecule has 0 radical (unpaired) electrons. The predicted octanol–water partition coefficient (Wildman–Crippen LogP) is 2.79. The minimum atomic E-state index is 0.363. The first kappa shape index (κ1) is 13.1. The molecule has 0 bridgehead atoms. The van der Waals surface area contributed by atoms with E-state index in [2.05, 4.69) is 54.2 Å². The number of nitrogens with zero attached hydrogens (tertiary/aromatic N) is 2. The Balaban J connectivity index is 1.90. The highest BCUT2D eigenvalue weighted by molar-refractivity contribution is 5.87. The minimum Gasteiger partial charge on any atom is -0.411 e. The average molecular weight is 246 g/mol. The molecule has 1 heterocycles. The molecule has 0 unspecified atom stereocenters. The first-order valence-electron chi connectivity index (χ1n) is 6.69. The molecular weight excluding hydrogens is 224 g/mol. The molecule has 1 aromatic rings. The van der Waals surface area contributed by atoms with E-state index in [1.54, 1.807) is 0 Å². The quantitative estimate of drug-likeness (QED) is 0.657. The van der Waals surface area contributed by atoms with Gasteiger partial charge >= 0.3 is 0 Å². The maximum Gasteiger partial charge on any atom is 0.0627 e. The van der Waals surface area contributed by atoms with Gasteiger partial charge in [0.1, 0.15) is 0 Å². The third-order valence-corrected chi connectivity index (χ3v) is 3.86. The Labute approximate surface area is 109 Å². The number of rotatable bonds is 3. The van der Waals surface area contributed by atoms with Gasteiger partial charge in [0.15, 0.2) is 0 Å². The van der Waals surface area contributed by atoms with Gasteiger partial charge in [-0.05, 0) is 18.9 Å². The van der Waals surface area contributed by atoms with Crippen molar-refractivity contribution in [2.45, 2.75) is 32.7 Å². The molecule has 1 saturated heterocycles. The van der Waals surface area contributed by atoms with Crippen LogP contribution < -0.4 is 0 Å². The topological polar surface area (TPSA) is 35.8 Å². The Hall–Kier alpha value is -1.35. The Kier molecular flexibility index (Phi) is 4.37. The molecule has 2 rings (SSSR count). The molecule has 1 aliphatic heterocycles. The highest BCUT2D eigenvalue weighted by atomic mass is 16.4. The number of oxime groups is 1. The van der Waals surface area contributed by atoms with E-state index >= 15 is 0 Å². The normalized spacial score (nSPS) is 27.6. The molecule has 0 saturated carbocycles. The van der Waals surface area contributed by atoms with Gasteiger partial charge in [-0.1, -0.05) is 42.4 Å². The third-order valence-electron chi connectivity index (χ3n) is 3.86. The van der Waals surface area contributed by atoms with Crippen LogP contribution in [0.25, 0.3) is 0 Å². The van der Waals surface area contributed by atoms with Crippen LogP contribution in [0.15, 0.2) is 35.5 Å². The van der Waals surface area contributed by atoms with Gasteiger partial charge in [0, 0.05) is 31.5 Å². The molecule has 98 valence electrons. The molecule has 1 N–H and O–H groups in total. The SMILES string of the molecule is C[C@H]1CN(CCc2ccccc2)[C@@H](C)C/C1=N\O. The molecule has 2 atom stereocenters. The standard InChI is InChI=1S/C15H22N2O/c1-12-11-17(13(2)10-15(12)16-18)9-8-14-6-4-3-5-7-14/h3-7,12-13,18H,8-11H2,1-2H3/b16-15+/t12-,13-/m0/s1. The second-order valence-corrected chi connectivity index (χ2v) is 5.28. The number of hydrogen-bond acceptors (Lipinski definition) is 3. The van der Waals surface area contributed by atoms with Gasteiger partial charge in [0.25, 0.3) is 0 Å². The molecule has 1 fully saturated rings. The summed E-state index contributed by atoms with van der Waals surface area (Å²) in [6.07, 6.45) is 1.97. The van der Waals surface area contributed by atoms with Crippen LogP contribution >= 0.6 is 0 Å². The fraction of sp³-hybridized carbons (Fsp3) is 0.533. The van der Waals surface area contributed by atoms with Crippen molar-refractivity contribution >= 4 is 5.71 Å². The van der Waals surface area contributed by atoms with Crippen molar-refractivity contribution in [3.63, 3.8) is 0 Å². The summed E-state index contributed by atoms with van der Waals surface area (Å²) in [5.74, 6) is 0.363. The summed E-state index contributed by atoms with van der Waals surface area (Å²) in [6.45, 7) is 6.42. The van der Waals surface area contributed by atoms with Gasteiger partial charge in [-0.2, -0.15) is 0 Å². The average Bonchev–Trinajstić information content (AvgIpc) is 2.40. The van der Waals surface area contributed by atoms with E-state index in [1.807, 2.05) is 0 Å². The van der Waals surface area contributed by atoms with Gasteiger partial charge in [-0.25, -0.2) is 0 Å². The Morgan fingerprint density at radius 2 is 2.00 bits per heavy atom. The van der Waals surface area contributed by atoms with E-state index in [0.717, 1.165) is 31.6 Å². The fourth-order valence-corrected chi connectivity index (χ4v) is 2.64. The van der Waals surface area contributed by atoms with Crippen molar-refractivity contribution in [3.8, 4) is 0 Å². The van der Waals surface area contributed by atoms with Crippen LogP contribution in [0.4, 0.5) is 0 Å². The van der Waals surface area contributed by atoms with Crippen LogP contribution in [0.3, 0.4) is 0 Å². The summed E-state index contributed by atoms with van der Waals surface area (Å²) >= 11 is 0. The van der Waals surface area contributed by atoms with Crippen LogP contribution in [-0.2, 0) is 6.42 Å². The van der Waals surface area contributed by atoms with E-state index < -0.39 is 0 Å². The smallest absolute Gasteiger partial charge is 0.0627 e. The second-order valence-electron chi connectivity index (χ2n) is 5.28. The van der Waals surface area contributed by atoms with Crippen LogP contribution in [0, 0.1) is 5.92 Å². The molecule has 0 amide bonds. The molecule has 0 aromatic heterocycles. The van der Waals surface area contributed by atoms with E-state index in [-0.39, 0.29) is 0 Å². The van der Waals surface area contributed by atoms with Crippen LogP contribution in [0.2, 0.25) is 0 Å². The summed E-state index contributed by atoms with van der Waals surface area (Å²) in [4.78, 5) is 2.49. The number of piperidine rings is 1. The van der Waals surface area contributed by atoms with Crippen molar-refractivity contribution in [1.29, 1.82) is 0 Å². The zero-order valence-corrected chi connectivity index (χ0v) is 11.2. The largest absolute Gasteiger partial charge is 0.411 e. The first-order chi connectivity index (χ1) is 8.70. The molecule has 3 heteroatoms. The Morgan fingerprint density at radius 1 is 1.28 bits per heavy atom. The summed E-state index contributed by atoms with van der Waals surface area (Å²) in [5, 5.41) is 12.4. The van der Waals surface area contributed by atoms with Gasteiger partial charge in [0.05, 0.1) is 5.71 Å². The van der Waals surface area contributed by atoms with Crippen LogP contribution in [-0.4, -0.2) is 35.0 Å². The van der Waals surface area contributed by atoms with Crippen molar-refractivity contribution in [2.75, 3.05) is 13.1 Å². The lowest BCUT2D eigenvalue weighted by Crippen LogP contribution is -2.46. The van der Waals surface area contributed by atoms with Gasteiger partial charge in [-0.15, -0.1) is 0 Å². The van der Waals surface area contributed by atoms with Crippen LogP contribution in [0.5, 0.6) is 0 Å². The monoisotopic (exact) mass is 246 g/mol. The van der Waals surface area contributed by atoms with Crippen molar-refractivity contribution in [2.24, 2.45) is 11.1 Å². The molecule has 18 heavy (non-hydrogen) atoms. The fourth-order valence-electron chi connectivity index (χ4n) is 2.64. The summed E-state index contributed by atoms with van der Waals surface area (Å²) in [6, 6.07) is 11.1. The summed E-state index contributed by atoms with van der Waals surface area (Å²) in [5.41, 5.74) is 2.33. The third kappa shape index (κ3) is 3.10. The van der Waals surface area contributed by atoms with Gasteiger partial charge in [-0.3, -0.25) is 4.90 Å². The molecule has 0 spiro atoms. The molecule has 1 aliphatic rings. The number of likely N-dealkylation sites (tertiary alicyclic amines) is 1. The van der Waals surface area contributed by atoms with E-state index in [1.165, 1.54) is 5.56 Å². The zero-order valence-electron chi connectivity index (χ0n) is 11.2. The lowest BCUT2D eigenvalue weighted by molar-refractivity contribution is 0.178. The minimum absolute atomic E-state index is 0.363. The maximum atomic E-state index is 8.94. The van der Waals surface area contributed by atoms with Crippen LogP contribution in [0.1, 0.15) is 25.8 Å². The second kappa shape index (κ2) is 6.01. The lowest BCUT2D eigenvalue weighted by Gasteiger charge is -2.37. The predicted molar refractivity (Wildman–Crippen MR) is 74.2 cm³/mol. The number of benzene rings is 1. The first-order valence-corrected chi connectivity index (χ1v) is 6.69. The zero-order chi connectivity index (χ0) is 13.0. The maximum absolute atomic E-state index is 8.94. The summed E-state index contributed by atoms with van der Waals surface area (Å²) in [7, 11) is 0. The highest BCUT2D eigenvalue weighted by Crippen LogP contribution is 2.20. The van der Waals surface area contributed by atoms with Crippen molar-refractivity contribution < 1.29 is 5.21 Å². The molecular formula is C15H22N2O. The lowest BCUT2D eigenvalue weighted by atomic mass is 9.92. The van der Waals surface area contributed by atoms with E-state index in [0.29, 0.717) is 12.0 Å². The van der Waals surface area contributed by atoms with Gasteiger partial charge < -0.3 is 5.21 Å². The highest BCUT2D eigenvalue weighted by Gasteiger charge is 2.27. The molecule has 1 aromatic carbocycles. The van der Waals surface area contributed by atoms with E-state index in [4.69, 9.17) is 5.21 Å². The molecule has 3 nitrogen and oxygen atoms in total.